The molecule has 0 aromatic carbocycles. The van der Waals surface area contributed by atoms with E-state index in [9.17, 15) is 5.11 Å². The fourth-order valence-electron chi connectivity index (χ4n) is 2.22. The van der Waals surface area contributed by atoms with Gasteiger partial charge in [0, 0.05) is 19.7 Å². The number of nitrogens with zero attached hydrogens (tertiary/aromatic N) is 2. The molecule has 0 spiro atoms. The van der Waals surface area contributed by atoms with E-state index in [1.165, 1.54) is 0 Å². The van der Waals surface area contributed by atoms with Crippen LogP contribution in [0.15, 0.2) is 18.3 Å². The van der Waals surface area contributed by atoms with Gasteiger partial charge in [0.15, 0.2) is 0 Å². The van der Waals surface area contributed by atoms with Crippen molar-refractivity contribution in [3.8, 4) is 0 Å². The molecule has 1 N–H and O–H groups in total. The van der Waals surface area contributed by atoms with E-state index in [-0.39, 0.29) is 6.10 Å². The van der Waals surface area contributed by atoms with Gasteiger partial charge in [-0.15, -0.1) is 0 Å². The first-order valence-corrected chi connectivity index (χ1v) is 6.71. The minimum Gasteiger partial charge on any atom is -0.387 e. The van der Waals surface area contributed by atoms with Crippen LogP contribution in [-0.2, 0) is 4.74 Å². The van der Waals surface area contributed by atoms with E-state index in [0.717, 1.165) is 37.5 Å². The Morgan fingerprint density at radius 2 is 2.39 bits per heavy atom. The van der Waals surface area contributed by atoms with Crippen LogP contribution >= 0.6 is 0 Å². The van der Waals surface area contributed by atoms with Crippen molar-refractivity contribution in [2.24, 2.45) is 0 Å². The van der Waals surface area contributed by atoms with E-state index < -0.39 is 6.10 Å². The largest absolute Gasteiger partial charge is 0.387 e. The fraction of sp³-hybridized carbons (Fsp3) is 0.643. The lowest BCUT2D eigenvalue weighted by molar-refractivity contribution is 0.0821. The normalized spacial score (nSPS) is 22.6. The van der Waals surface area contributed by atoms with E-state index in [2.05, 4.69) is 16.8 Å². The maximum absolute atomic E-state index is 9.72. The molecular weight excluding hydrogens is 228 g/mol. The predicted molar refractivity (Wildman–Crippen MR) is 71.7 cm³/mol. The second-order valence-corrected chi connectivity index (χ2v) is 4.85. The van der Waals surface area contributed by atoms with Crippen molar-refractivity contribution in [2.75, 3.05) is 24.6 Å². The summed E-state index contributed by atoms with van der Waals surface area (Å²) >= 11 is 0. The molecule has 2 rings (SSSR count). The third-order valence-corrected chi connectivity index (χ3v) is 3.32. The number of anilines is 1. The molecule has 1 saturated heterocycles. The molecule has 1 fully saturated rings. The lowest BCUT2D eigenvalue weighted by Crippen LogP contribution is -2.30. The molecule has 0 amide bonds. The van der Waals surface area contributed by atoms with Gasteiger partial charge in [0.2, 0.25) is 0 Å². The highest BCUT2D eigenvalue weighted by atomic mass is 16.5. The van der Waals surface area contributed by atoms with Crippen LogP contribution in [0, 0.1) is 0 Å². The number of hydrogen-bond donors (Lipinski definition) is 1. The van der Waals surface area contributed by atoms with Crippen LogP contribution in [0.1, 0.15) is 38.5 Å². The highest BCUT2D eigenvalue weighted by Gasteiger charge is 2.16. The molecule has 2 heterocycles. The van der Waals surface area contributed by atoms with Crippen molar-refractivity contribution in [3.63, 3.8) is 0 Å². The van der Waals surface area contributed by atoms with Gasteiger partial charge in [-0.1, -0.05) is 6.92 Å². The number of pyridine rings is 1. The zero-order valence-corrected chi connectivity index (χ0v) is 11.2. The Bertz CT molecular complexity index is 367. The smallest absolute Gasteiger partial charge is 0.0957 e. The average molecular weight is 250 g/mol. The summed E-state index contributed by atoms with van der Waals surface area (Å²) in [6.45, 7) is 6.78. The van der Waals surface area contributed by atoms with Crippen LogP contribution in [0.25, 0.3) is 0 Å². The van der Waals surface area contributed by atoms with E-state index in [0.29, 0.717) is 6.42 Å². The lowest BCUT2D eigenvalue weighted by atomic mass is 10.2. The van der Waals surface area contributed by atoms with Gasteiger partial charge in [-0.25, -0.2) is 0 Å². The molecule has 0 saturated carbocycles. The molecule has 18 heavy (non-hydrogen) atoms. The summed E-state index contributed by atoms with van der Waals surface area (Å²) in [5, 5.41) is 9.72. The Hall–Kier alpha value is -1.13. The van der Waals surface area contributed by atoms with E-state index >= 15 is 0 Å². The molecule has 2 atom stereocenters. The Morgan fingerprint density at radius 3 is 3.06 bits per heavy atom. The number of aliphatic hydroxyl groups excluding tert-OH is 1. The minimum absolute atomic E-state index is 0.258. The molecule has 1 unspecified atom stereocenters. The summed E-state index contributed by atoms with van der Waals surface area (Å²) < 4.78 is 5.63. The molecule has 1 aromatic rings. The highest BCUT2D eigenvalue weighted by molar-refractivity contribution is 5.45. The molecule has 100 valence electrons. The van der Waals surface area contributed by atoms with Gasteiger partial charge in [-0.3, -0.25) is 4.98 Å². The van der Waals surface area contributed by atoms with Gasteiger partial charge >= 0.3 is 0 Å². The first-order chi connectivity index (χ1) is 8.70. The standard InChI is InChI=1S/C14H22N2O2/c1-3-14(17)13-6-5-12(9-15-13)16-7-4-8-18-11(2)10-16/h5-6,9,11,14,17H,3-4,7-8,10H2,1-2H3/t11?,14-/m0/s1. The van der Waals surface area contributed by atoms with Crippen molar-refractivity contribution >= 4 is 5.69 Å². The number of aliphatic hydroxyl groups is 1. The number of aromatic nitrogens is 1. The number of hydrogen-bond acceptors (Lipinski definition) is 4. The fourth-order valence-corrected chi connectivity index (χ4v) is 2.22. The highest BCUT2D eigenvalue weighted by Crippen LogP contribution is 2.20. The van der Waals surface area contributed by atoms with Crippen LogP contribution in [0.4, 0.5) is 5.69 Å². The predicted octanol–water partition coefficient (Wildman–Crippen LogP) is 2.14. The summed E-state index contributed by atoms with van der Waals surface area (Å²) in [4.78, 5) is 6.65. The summed E-state index contributed by atoms with van der Waals surface area (Å²) in [7, 11) is 0. The minimum atomic E-state index is -0.453. The van der Waals surface area contributed by atoms with E-state index in [1.54, 1.807) is 0 Å². The molecule has 0 radical (unpaired) electrons. The molecular formula is C14H22N2O2. The van der Waals surface area contributed by atoms with Crippen LogP contribution in [0.3, 0.4) is 0 Å². The third-order valence-electron chi connectivity index (χ3n) is 3.32. The maximum atomic E-state index is 9.72. The molecule has 1 aliphatic rings. The lowest BCUT2D eigenvalue weighted by Gasteiger charge is -2.24. The number of rotatable bonds is 3. The van der Waals surface area contributed by atoms with Gasteiger partial charge in [0.25, 0.3) is 0 Å². The van der Waals surface area contributed by atoms with Gasteiger partial charge in [0.05, 0.1) is 29.8 Å². The summed E-state index contributed by atoms with van der Waals surface area (Å²) in [5.74, 6) is 0. The van der Waals surface area contributed by atoms with Crippen LogP contribution < -0.4 is 4.90 Å². The van der Waals surface area contributed by atoms with Crippen LogP contribution in [0.5, 0.6) is 0 Å². The Balaban J connectivity index is 2.08. The molecule has 1 aromatic heterocycles. The summed E-state index contributed by atoms with van der Waals surface area (Å²) in [6, 6.07) is 3.96. The van der Waals surface area contributed by atoms with Crippen LogP contribution in [0.2, 0.25) is 0 Å². The van der Waals surface area contributed by atoms with Crippen molar-refractivity contribution < 1.29 is 9.84 Å². The Labute approximate surface area is 109 Å². The van der Waals surface area contributed by atoms with Gasteiger partial charge in [-0.2, -0.15) is 0 Å². The van der Waals surface area contributed by atoms with Crippen molar-refractivity contribution in [1.29, 1.82) is 0 Å². The zero-order chi connectivity index (χ0) is 13.0. The monoisotopic (exact) mass is 250 g/mol. The SMILES string of the molecule is CC[C@H](O)c1ccc(N2CCCOC(C)C2)cn1. The number of ether oxygens (including phenoxy) is 1. The second-order valence-electron chi connectivity index (χ2n) is 4.85. The second kappa shape index (κ2) is 6.16. The first kappa shape index (κ1) is 13.3. The van der Waals surface area contributed by atoms with E-state index in [4.69, 9.17) is 4.74 Å². The van der Waals surface area contributed by atoms with Gasteiger partial charge < -0.3 is 14.7 Å². The first-order valence-electron chi connectivity index (χ1n) is 6.71. The Morgan fingerprint density at radius 1 is 1.56 bits per heavy atom. The quantitative estimate of drug-likeness (QED) is 0.892. The summed E-state index contributed by atoms with van der Waals surface area (Å²) in [6.07, 6.45) is 3.40. The zero-order valence-electron chi connectivity index (χ0n) is 11.2. The molecule has 1 aliphatic heterocycles. The average Bonchev–Trinajstić information content (AvgIpc) is 2.63. The topological polar surface area (TPSA) is 45.6 Å². The van der Waals surface area contributed by atoms with Gasteiger partial charge in [0.1, 0.15) is 0 Å². The molecule has 0 aliphatic carbocycles. The van der Waals surface area contributed by atoms with Crippen LogP contribution in [-0.4, -0.2) is 35.9 Å². The Kier molecular flexibility index (Phi) is 4.55. The van der Waals surface area contributed by atoms with Gasteiger partial charge in [-0.05, 0) is 31.9 Å². The van der Waals surface area contributed by atoms with E-state index in [1.807, 2.05) is 25.3 Å². The maximum Gasteiger partial charge on any atom is 0.0957 e. The summed E-state index contributed by atoms with van der Waals surface area (Å²) in [5.41, 5.74) is 1.86. The van der Waals surface area contributed by atoms with Crippen molar-refractivity contribution in [2.45, 2.75) is 38.9 Å². The molecule has 4 heteroatoms. The van der Waals surface area contributed by atoms with Crippen molar-refractivity contribution in [3.05, 3.63) is 24.0 Å². The third kappa shape index (κ3) is 3.21. The molecule has 0 bridgehead atoms. The van der Waals surface area contributed by atoms with Crippen molar-refractivity contribution in [1.82, 2.24) is 4.98 Å². The molecule has 4 nitrogen and oxygen atoms in total.